The standard InChI is InChI=1S/C11H14N6O/c1-17-6-15-16-10(17)5-14-11(18)8-3-2-7(12)4-9(8)13/h2-4,6H,5,12-13H2,1H3,(H,14,18). The largest absolute Gasteiger partial charge is 0.399 e. The average molecular weight is 246 g/mol. The van der Waals surface area contributed by atoms with E-state index in [2.05, 4.69) is 15.5 Å². The Hall–Kier alpha value is -2.57. The second kappa shape index (κ2) is 4.74. The van der Waals surface area contributed by atoms with Gasteiger partial charge in [-0.1, -0.05) is 0 Å². The summed E-state index contributed by atoms with van der Waals surface area (Å²) in [6.45, 7) is 0.291. The lowest BCUT2D eigenvalue weighted by atomic mass is 10.1. The third-order valence-electron chi connectivity index (χ3n) is 2.53. The molecule has 0 fully saturated rings. The fourth-order valence-electron chi connectivity index (χ4n) is 1.51. The third-order valence-corrected chi connectivity index (χ3v) is 2.53. The van der Waals surface area contributed by atoms with Crippen LogP contribution in [0.5, 0.6) is 0 Å². The Bertz CT molecular complexity index is 577. The molecule has 0 unspecified atom stereocenters. The van der Waals surface area contributed by atoms with Crippen LogP contribution in [0.4, 0.5) is 11.4 Å². The van der Waals surface area contributed by atoms with Crippen molar-refractivity contribution in [2.24, 2.45) is 7.05 Å². The minimum absolute atomic E-state index is 0.268. The summed E-state index contributed by atoms with van der Waals surface area (Å²) in [5, 5.41) is 10.3. The van der Waals surface area contributed by atoms with Crippen LogP contribution >= 0.6 is 0 Å². The molecule has 2 rings (SSSR count). The number of aryl methyl sites for hydroxylation is 1. The van der Waals surface area contributed by atoms with Gasteiger partial charge in [-0.05, 0) is 18.2 Å². The number of nitrogens with two attached hydrogens (primary N) is 2. The molecule has 0 aliphatic heterocycles. The lowest BCUT2D eigenvalue weighted by Crippen LogP contribution is -2.25. The summed E-state index contributed by atoms with van der Waals surface area (Å²) < 4.78 is 1.73. The van der Waals surface area contributed by atoms with Crippen LogP contribution in [-0.4, -0.2) is 20.7 Å². The molecule has 2 aromatic rings. The molecule has 1 heterocycles. The van der Waals surface area contributed by atoms with E-state index in [-0.39, 0.29) is 5.91 Å². The Morgan fingerprint density at radius 3 is 2.83 bits per heavy atom. The zero-order valence-electron chi connectivity index (χ0n) is 9.92. The number of rotatable bonds is 3. The molecule has 0 saturated carbocycles. The van der Waals surface area contributed by atoms with Crippen molar-refractivity contribution >= 4 is 17.3 Å². The highest BCUT2D eigenvalue weighted by Crippen LogP contribution is 2.15. The van der Waals surface area contributed by atoms with Crippen molar-refractivity contribution < 1.29 is 4.79 Å². The number of amides is 1. The normalized spacial score (nSPS) is 10.3. The topological polar surface area (TPSA) is 112 Å². The van der Waals surface area contributed by atoms with Crippen LogP contribution in [0.15, 0.2) is 24.5 Å². The van der Waals surface area contributed by atoms with E-state index in [1.54, 1.807) is 36.1 Å². The summed E-state index contributed by atoms with van der Waals surface area (Å²) >= 11 is 0. The summed E-state index contributed by atoms with van der Waals surface area (Å²) in [5.74, 6) is 0.396. The zero-order valence-corrected chi connectivity index (χ0v) is 9.92. The highest BCUT2D eigenvalue weighted by atomic mass is 16.1. The van der Waals surface area contributed by atoms with Crippen LogP contribution in [0.3, 0.4) is 0 Å². The highest BCUT2D eigenvalue weighted by molar-refractivity contribution is 5.99. The molecule has 1 aromatic carbocycles. The molecule has 0 atom stereocenters. The molecule has 7 heteroatoms. The molecule has 1 amide bonds. The minimum Gasteiger partial charge on any atom is -0.399 e. The molecule has 5 N–H and O–H groups in total. The van der Waals surface area contributed by atoms with Crippen LogP contribution in [-0.2, 0) is 13.6 Å². The Morgan fingerprint density at radius 1 is 1.44 bits per heavy atom. The maximum Gasteiger partial charge on any atom is 0.253 e. The van der Waals surface area contributed by atoms with Gasteiger partial charge in [0.2, 0.25) is 0 Å². The van der Waals surface area contributed by atoms with E-state index in [9.17, 15) is 4.79 Å². The number of nitrogens with one attached hydrogen (secondary N) is 1. The number of nitrogens with zero attached hydrogens (tertiary/aromatic N) is 3. The number of hydrogen-bond donors (Lipinski definition) is 3. The monoisotopic (exact) mass is 246 g/mol. The lowest BCUT2D eigenvalue weighted by Gasteiger charge is -2.07. The van der Waals surface area contributed by atoms with Gasteiger partial charge < -0.3 is 21.4 Å². The Kier molecular flexibility index (Phi) is 3.13. The van der Waals surface area contributed by atoms with E-state index in [0.29, 0.717) is 29.3 Å². The van der Waals surface area contributed by atoms with Gasteiger partial charge in [0.05, 0.1) is 12.1 Å². The number of carbonyl (C=O) groups is 1. The van der Waals surface area contributed by atoms with Gasteiger partial charge in [0.25, 0.3) is 5.91 Å². The lowest BCUT2D eigenvalue weighted by molar-refractivity contribution is 0.0950. The molecule has 0 aliphatic carbocycles. The van der Waals surface area contributed by atoms with Crippen molar-refractivity contribution in [3.8, 4) is 0 Å². The summed E-state index contributed by atoms with van der Waals surface area (Å²) in [7, 11) is 1.80. The van der Waals surface area contributed by atoms with Crippen LogP contribution in [0.25, 0.3) is 0 Å². The van der Waals surface area contributed by atoms with Crippen molar-refractivity contribution in [2.75, 3.05) is 11.5 Å². The first-order chi connectivity index (χ1) is 8.58. The predicted octanol–water partition coefficient (Wildman–Crippen LogP) is -0.0905. The molecule has 18 heavy (non-hydrogen) atoms. The molecule has 7 nitrogen and oxygen atoms in total. The van der Waals surface area contributed by atoms with Gasteiger partial charge in [-0.3, -0.25) is 4.79 Å². The van der Waals surface area contributed by atoms with E-state index in [1.807, 2.05) is 0 Å². The first kappa shape index (κ1) is 11.9. The number of nitrogen functional groups attached to an aromatic ring is 2. The molecule has 0 radical (unpaired) electrons. The van der Waals surface area contributed by atoms with Gasteiger partial charge >= 0.3 is 0 Å². The van der Waals surface area contributed by atoms with Gasteiger partial charge in [-0.2, -0.15) is 0 Å². The highest BCUT2D eigenvalue weighted by Gasteiger charge is 2.10. The number of aromatic nitrogens is 3. The van der Waals surface area contributed by atoms with E-state index >= 15 is 0 Å². The van der Waals surface area contributed by atoms with Crippen molar-refractivity contribution in [3.05, 3.63) is 35.9 Å². The molecule has 0 bridgehead atoms. The molecule has 0 saturated heterocycles. The minimum atomic E-state index is -0.268. The Labute approximate surface area is 104 Å². The summed E-state index contributed by atoms with van der Waals surface area (Å²) in [6.07, 6.45) is 1.57. The summed E-state index contributed by atoms with van der Waals surface area (Å²) in [4.78, 5) is 11.9. The van der Waals surface area contributed by atoms with Crippen LogP contribution < -0.4 is 16.8 Å². The third kappa shape index (κ3) is 2.40. The van der Waals surface area contributed by atoms with E-state index in [0.717, 1.165) is 0 Å². The van der Waals surface area contributed by atoms with E-state index in [1.165, 1.54) is 0 Å². The number of benzene rings is 1. The summed E-state index contributed by atoms with van der Waals surface area (Å²) in [6, 6.07) is 4.78. The molecular weight excluding hydrogens is 232 g/mol. The molecule has 94 valence electrons. The zero-order chi connectivity index (χ0) is 13.1. The molecular formula is C11H14N6O. The summed E-state index contributed by atoms with van der Waals surface area (Å²) in [5.41, 5.74) is 12.6. The molecule has 0 aliphatic rings. The number of anilines is 2. The molecule has 1 aromatic heterocycles. The predicted molar refractivity (Wildman–Crippen MR) is 67.4 cm³/mol. The van der Waals surface area contributed by atoms with Gasteiger partial charge in [0, 0.05) is 18.4 Å². The number of hydrogen-bond acceptors (Lipinski definition) is 5. The van der Waals surface area contributed by atoms with Gasteiger partial charge in [-0.15, -0.1) is 10.2 Å². The van der Waals surface area contributed by atoms with E-state index < -0.39 is 0 Å². The smallest absolute Gasteiger partial charge is 0.253 e. The van der Waals surface area contributed by atoms with Crippen LogP contribution in [0.2, 0.25) is 0 Å². The van der Waals surface area contributed by atoms with Crippen molar-refractivity contribution in [1.82, 2.24) is 20.1 Å². The Balaban J connectivity index is 2.06. The fraction of sp³-hybridized carbons (Fsp3) is 0.182. The first-order valence-electron chi connectivity index (χ1n) is 5.34. The quantitative estimate of drug-likeness (QED) is 0.655. The molecule has 0 spiro atoms. The maximum atomic E-state index is 11.9. The van der Waals surface area contributed by atoms with Crippen molar-refractivity contribution in [1.29, 1.82) is 0 Å². The SMILES string of the molecule is Cn1cnnc1CNC(=O)c1ccc(N)cc1N. The second-order valence-corrected chi connectivity index (χ2v) is 3.89. The van der Waals surface area contributed by atoms with Crippen molar-refractivity contribution in [3.63, 3.8) is 0 Å². The fourth-order valence-corrected chi connectivity index (χ4v) is 1.51. The maximum absolute atomic E-state index is 11.9. The van der Waals surface area contributed by atoms with Gasteiger partial charge in [-0.25, -0.2) is 0 Å². The van der Waals surface area contributed by atoms with Crippen LogP contribution in [0, 0.1) is 0 Å². The van der Waals surface area contributed by atoms with Crippen molar-refractivity contribution in [2.45, 2.75) is 6.54 Å². The van der Waals surface area contributed by atoms with Gasteiger partial charge in [0.15, 0.2) is 5.82 Å². The second-order valence-electron chi connectivity index (χ2n) is 3.89. The van der Waals surface area contributed by atoms with Gasteiger partial charge in [0.1, 0.15) is 6.33 Å². The number of carbonyl (C=O) groups excluding carboxylic acids is 1. The average Bonchev–Trinajstić information content (AvgIpc) is 2.72. The van der Waals surface area contributed by atoms with E-state index in [4.69, 9.17) is 11.5 Å². The Morgan fingerprint density at radius 2 is 2.22 bits per heavy atom. The van der Waals surface area contributed by atoms with Crippen LogP contribution in [0.1, 0.15) is 16.2 Å². The first-order valence-corrected chi connectivity index (χ1v) is 5.34.